The smallest absolute Gasteiger partial charge is 0.295 e. The Kier molecular flexibility index (Phi) is 18.5. The third kappa shape index (κ3) is 12.3. The molecule has 0 aromatic heterocycles. The standard InChI is InChI=1S/C40H62NOSi.FH/c1-5-6-7-8-9-10-11-12-13-14-15-16-17-18-19-29-36-41(3,4)37(2)42-43(38-30-23-20-24-31-38,39-32-25-21-26-33-39)40-34-27-22-28-35-40;/h20-28,30-35,37H,5-19,29,36H2,1-4H3;1H/q+1;/p-1. The molecule has 0 saturated carbocycles. The van der Waals surface area contributed by atoms with Gasteiger partial charge in [0.2, 0.25) is 0 Å². The van der Waals surface area contributed by atoms with Crippen molar-refractivity contribution in [1.29, 1.82) is 0 Å². The van der Waals surface area contributed by atoms with E-state index in [0.29, 0.717) is 0 Å². The van der Waals surface area contributed by atoms with Crippen molar-refractivity contribution >= 4 is 23.9 Å². The first-order chi connectivity index (χ1) is 21.0. The maximum Gasteiger partial charge on any atom is 0.295 e. The molecular formula is C40H62FNOSi. The first-order valence-corrected chi connectivity index (χ1v) is 19.6. The Morgan fingerprint density at radius 3 is 1.11 bits per heavy atom. The molecule has 3 rings (SSSR count). The van der Waals surface area contributed by atoms with Crippen molar-refractivity contribution in [3.63, 3.8) is 0 Å². The maximum absolute atomic E-state index is 7.45. The normalized spacial score (nSPS) is 12.5. The first-order valence-electron chi connectivity index (χ1n) is 17.7. The van der Waals surface area contributed by atoms with Crippen LogP contribution in [0.1, 0.15) is 117 Å². The van der Waals surface area contributed by atoms with Gasteiger partial charge in [0, 0.05) is 6.92 Å². The van der Waals surface area contributed by atoms with Gasteiger partial charge < -0.3 is 13.6 Å². The maximum atomic E-state index is 7.45. The van der Waals surface area contributed by atoms with Crippen LogP contribution >= 0.6 is 0 Å². The third-order valence-corrected chi connectivity index (χ3v) is 13.6. The molecule has 0 heterocycles. The molecule has 244 valence electrons. The zero-order valence-corrected chi connectivity index (χ0v) is 29.5. The minimum Gasteiger partial charge on any atom is -1.00 e. The second-order valence-corrected chi connectivity index (χ2v) is 16.6. The molecule has 3 aromatic rings. The van der Waals surface area contributed by atoms with Gasteiger partial charge in [-0.3, -0.25) is 0 Å². The molecule has 0 fully saturated rings. The molecular weight excluding hydrogens is 558 g/mol. The van der Waals surface area contributed by atoms with Gasteiger partial charge >= 0.3 is 0 Å². The van der Waals surface area contributed by atoms with Crippen LogP contribution in [0.2, 0.25) is 0 Å². The number of nitrogens with zero attached hydrogens (tertiary/aromatic N) is 1. The summed E-state index contributed by atoms with van der Waals surface area (Å²) in [5, 5.41) is 3.92. The largest absolute Gasteiger partial charge is 1.00 e. The van der Waals surface area contributed by atoms with Crippen LogP contribution < -0.4 is 20.3 Å². The Morgan fingerprint density at radius 2 is 0.795 bits per heavy atom. The second kappa shape index (κ2) is 21.5. The van der Waals surface area contributed by atoms with E-state index in [1.165, 1.54) is 118 Å². The molecule has 0 aliphatic heterocycles. The predicted molar refractivity (Wildman–Crippen MR) is 191 cm³/mol. The number of unbranched alkanes of at least 4 members (excludes halogenated alkanes) is 15. The van der Waals surface area contributed by atoms with Crippen molar-refractivity contribution in [2.45, 2.75) is 123 Å². The first kappa shape index (κ1) is 37.9. The lowest BCUT2D eigenvalue weighted by atomic mass is 10.0. The molecule has 0 aliphatic carbocycles. The number of benzene rings is 3. The molecule has 0 amide bonds. The Bertz CT molecular complexity index is 995. The van der Waals surface area contributed by atoms with Gasteiger partial charge in [-0.2, -0.15) is 0 Å². The van der Waals surface area contributed by atoms with E-state index in [2.05, 4.69) is 119 Å². The van der Waals surface area contributed by atoms with Gasteiger partial charge in [0.1, 0.15) is 0 Å². The predicted octanol–water partition coefficient (Wildman–Crippen LogP) is 6.36. The van der Waals surface area contributed by atoms with E-state index in [1.807, 2.05) is 0 Å². The summed E-state index contributed by atoms with van der Waals surface area (Å²) >= 11 is 0. The molecule has 1 atom stereocenters. The summed E-state index contributed by atoms with van der Waals surface area (Å²) in [6.07, 6.45) is 22.6. The van der Waals surface area contributed by atoms with E-state index < -0.39 is 8.32 Å². The number of quaternary nitrogens is 1. The molecule has 2 nitrogen and oxygen atoms in total. The second-order valence-electron chi connectivity index (χ2n) is 13.3. The van der Waals surface area contributed by atoms with Crippen LogP contribution in [-0.2, 0) is 4.43 Å². The van der Waals surface area contributed by atoms with Gasteiger partial charge in [-0.15, -0.1) is 0 Å². The fraction of sp³-hybridized carbons (Fsp3) is 0.550. The van der Waals surface area contributed by atoms with Crippen molar-refractivity contribution in [2.75, 3.05) is 20.6 Å². The fourth-order valence-electron chi connectivity index (χ4n) is 6.37. The Hall–Kier alpha value is -2.27. The van der Waals surface area contributed by atoms with Crippen LogP contribution in [-0.4, -0.2) is 39.7 Å². The Balaban J connectivity index is 0.00000675. The van der Waals surface area contributed by atoms with Crippen LogP contribution in [0.4, 0.5) is 0 Å². The third-order valence-electron chi connectivity index (χ3n) is 9.46. The number of rotatable bonds is 23. The van der Waals surface area contributed by atoms with Crippen LogP contribution in [0.5, 0.6) is 0 Å². The van der Waals surface area contributed by atoms with E-state index in [0.717, 1.165) is 11.0 Å². The van der Waals surface area contributed by atoms with Gasteiger partial charge in [-0.05, 0) is 28.4 Å². The molecule has 0 spiro atoms. The highest BCUT2D eigenvalue weighted by Crippen LogP contribution is 2.19. The van der Waals surface area contributed by atoms with Gasteiger partial charge in [0.05, 0.1) is 20.6 Å². The summed E-state index contributed by atoms with van der Waals surface area (Å²) in [5.41, 5.74) is 0. The van der Waals surface area contributed by atoms with Crippen molar-refractivity contribution in [3.05, 3.63) is 91.0 Å². The zero-order chi connectivity index (χ0) is 30.6. The number of hydrogen-bond acceptors (Lipinski definition) is 1. The molecule has 4 heteroatoms. The molecule has 1 unspecified atom stereocenters. The minimum atomic E-state index is -2.70. The topological polar surface area (TPSA) is 9.23 Å². The molecule has 0 radical (unpaired) electrons. The molecule has 0 saturated heterocycles. The summed E-state index contributed by atoms with van der Waals surface area (Å²) in [4.78, 5) is 0. The van der Waals surface area contributed by atoms with Crippen LogP contribution in [0, 0.1) is 0 Å². The van der Waals surface area contributed by atoms with Crippen molar-refractivity contribution in [3.8, 4) is 0 Å². The van der Waals surface area contributed by atoms with Gasteiger partial charge in [0.25, 0.3) is 8.32 Å². The molecule has 3 aromatic carbocycles. The van der Waals surface area contributed by atoms with E-state index in [4.69, 9.17) is 4.43 Å². The molecule has 0 bridgehead atoms. The quantitative estimate of drug-likeness (QED) is 0.0395. The van der Waals surface area contributed by atoms with Crippen molar-refractivity contribution in [2.24, 2.45) is 0 Å². The highest BCUT2D eigenvalue weighted by Gasteiger charge is 2.45. The lowest BCUT2D eigenvalue weighted by molar-refractivity contribution is -0.932. The average Bonchev–Trinajstić information content (AvgIpc) is 3.04. The van der Waals surface area contributed by atoms with E-state index in [1.54, 1.807) is 0 Å². The minimum absolute atomic E-state index is 0. The van der Waals surface area contributed by atoms with Crippen molar-refractivity contribution in [1.82, 2.24) is 0 Å². The summed E-state index contributed by atoms with van der Waals surface area (Å²) in [6, 6.07) is 32.9. The lowest BCUT2D eigenvalue weighted by Gasteiger charge is -2.42. The van der Waals surface area contributed by atoms with Gasteiger partial charge in [0.15, 0.2) is 6.23 Å². The van der Waals surface area contributed by atoms with Crippen molar-refractivity contribution < 1.29 is 13.6 Å². The number of hydrogen-bond donors (Lipinski definition) is 0. The van der Waals surface area contributed by atoms with E-state index in [-0.39, 0.29) is 10.9 Å². The number of halogens is 1. The summed E-state index contributed by atoms with van der Waals surface area (Å²) in [7, 11) is 2.01. The lowest BCUT2D eigenvalue weighted by Crippen LogP contribution is -3.00. The molecule has 44 heavy (non-hydrogen) atoms. The highest BCUT2D eigenvalue weighted by atomic mass is 28.4. The van der Waals surface area contributed by atoms with Crippen LogP contribution in [0.15, 0.2) is 91.0 Å². The zero-order valence-electron chi connectivity index (χ0n) is 28.5. The summed E-state index contributed by atoms with van der Waals surface area (Å²) < 4.78 is 8.33. The SMILES string of the molecule is CCCCCCCCCCCCCCCCCC[N+](C)(C)C(C)O[Si](c1ccccc1)(c1ccccc1)c1ccccc1.[F-]. The van der Waals surface area contributed by atoms with Crippen LogP contribution in [0.25, 0.3) is 0 Å². The summed E-state index contributed by atoms with van der Waals surface area (Å²) in [6.45, 7) is 5.74. The highest BCUT2D eigenvalue weighted by molar-refractivity contribution is 7.07. The monoisotopic (exact) mass is 619 g/mol. The fourth-order valence-corrected chi connectivity index (χ4v) is 10.6. The average molecular weight is 620 g/mol. The molecule has 0 N–H and O–H groups in total. The van der Waals surface area contributed by atoms with Gasteiger partial charge in [-0.1, -0.05) is 188 Å². The molecule has 0 aliphatic rings. The van der Waals surface area contributed by atoms with E-state index >= 15 is 0 Å². The summed E-state index contributed by atoms with van der Waals surface area (Å²) in [5.74, 6) is 0. The van der Waals surface area contributed by atoms with Crippen LogP contribution in [0.3, 0.4) is 0 Å². The Morgan fingerprint density at radius 1 is 0.500 bits per heavy atom. The van der Waals surface area contributed by atoms with E-state index in [9.17, 15) is 0 Å². The Labute approximate surface area is 271 Å². The van der Waals surface area contributed by atoms with Gasteiger partial charge in [-0.25, -0.2) is 0 Å².